The van der Waals surface area contributed by atoms with Crippen molar-refractivity contribution in [2.75, 3.05) is 24.3 Å². The molecule has 1 fully saturated rings. The summed E-state index contributed by atoms with van der Waals surface area (Å²) in [4.78, 5) is 14.3. The highest BCUT2D eigenvalue weighted by atomic mass is 35.5. The Kier molecular flexibility index (Phi) is 6.07. The first-order valence-corrected chi connectivity index (χ1v) is 10.7. The van der Waals surface area contributed by atoms with Crippen LogP contribution in [0, 0.1) is 0 Å². The fraction of sp³-hybridized carbons (Fsp3) is 0.250. The maximum atomic E-state index is 12.3. The molecule has 148 valence electrons. The Labute approximate surface area is 170 Å². The van der Waals surface area contributed by atoms with Gasteiger partial charge in [-0.2, -0.15) is 0 Å². The van der Waals surface area contributed by atoms with Gasteiger partial charge in [0.15, 0.2) is 0 Å². The second kappa shape index (κ2) is 8.34. The number of anilines is 2. The van der Waals surface area contributed by atoms with Crippen LogP contribution in [-0.2, 0) is 14.8 Å². The molecule has 1 saturated carbocycles. The van der Waals surface area contributed by atoms with Gasteiger partial charge in [-0.25, -0.2) is 13.1 Å². The van der Waals surface area contributed by atoms with E-state index in [4.69, 9.17) is 11.6 Å². The Balaban J connectivity index is 1.67. The minimum absolute atomic E-state index is 0.0619. The molecular weight excluding hydrogens is 398 g/mol. The van der Waals surface area contributed by atoms with Crippen molar-refractivity contribution >= 4 is 45.0 Å². The Morgan fingerprint density at radius 2 is 1.82 bits per heavy atom. The van der Waals surface area contributed by atoms with E-state index in [1.165, 1.54) is 18.2 Å². The molecule has 0 aromatic heterocycles. The van der Waals surface area contributed by atoms with Crippen LogP contribution in [0.15, 0.2) is 53.4 Å². The van der Waals surface area contributed by atoms with Gasteiger partial charge >= 0.3 is 0 Å². The summed E-state index contributed by atoms with van der Waals surface area (Å²) in [6.07, 6.45) is 4.79. The number of carbonyl (C=O) groups excluding carboxylic acids is 1. The molecule has 8 heteroatoms. The molecule has 0 heterocycles. The summed E-state index contributed by atoms with van der Waals surface area (Å²) in [5.41, 5.74) is 2.06. The summed E-state index contributed by atoms with van der Waals surface area (Å²) >= 11 is 6.20. The van der Waals surface area contributed by atoms with Crippen LogP contribution in [0.3, 0.4) is 0 Å². The summed E-state index contributed by atoms with van der Waals surface area (Å²) in [6, 6.07) is 11.8. The van der Waals surface area contributed by atoms with Crippen molar-refractivity contribution < 1.29 is 13.2 Å². The summed E-state index contributed by atoms with van der Waals surface area (Å²) in [6.45, 7) is 0. The summed E-state index contributed by atoms with van der Waals surface area (Å²) in [7, 11) is 0.222. The molecule has 0 radical (unpaired) electrons. The van der Waals surface area contributed by atoms with E-state index in [9.17, 15) is 13.2 Å². The second-order valence-corrected chi connectivity index (χ2v) is 8.94. The lowest BCUT2D eigenvalue weighted by Crippen LogP contribution is -2.25. The topological polar surface area (TPSA) is 78.5 Å². The van der Waals surface area contributed by atoms with Gasteiger partial charge in [-0.3, -0.25) is 4.79 Å². The molecule has 1 amide bonds. The number of hydrogen-bond donors (Lipinski definition) is 2. The van der Waals surface area contributed by atoms with Gasteiger partial charge in [-0.05, 0) is 48.7 Å². The minimum Gasteiger partial charge on any atom is -0.375 e. The lowest BCUT2D eigenvalue weighted by atomic mass is 10.2. The van der Waals surface area contributed by atoms with Gasteiger partial charge in [0, 0.05) is 26.2 Å². The molecule has 0 spiro atoms. The smallest absolute Gasteiger partial charge is 0.248 e. The second-order valence-electron chi connectivity index (χ2n) is 6.82. The Hall–Kier alpha value is -2.35. The van der Waals surface area contributed by atoms with Gasteiger partial charge in [0.2, 0.25) is 15.9 Å². The van der Waals surface area contributed by atoms with Crippen molar-refractivity contribution in [2.24, 2.45) is 0 Å². The zero-order valence-corrected chi connectivity index (χ0v) is 17.2. The van der Waals surface area contributed by atoms with E-state index in [0.29, 0.717) is 10.7 Å². The molecule has 2 aromatic rings. The number of amides is 1. The maximum absolute atomic E-state index is 12.3. The number of nitrogens with one attached hydrogen (secondary N) is 2. The number of carbonyl (C=O) groups is 1. The van der Waals surface area contributed by atoms with Crippen LogP contribution in [0.4, 0.5) is 11.4 Å². The van der Waals surface area contributed by atoms with Crippen LogP contribution in [0.1, 0.15) is 18.4 Å². The molecule has 28 heavy (non-hydrogen) atoms. The molecule has 3 rings (SSSR count). The van der Waals surface area contributed by atoms with Crippen LogP contribution in [0.25, 0.3) is 6.08 Å². The van der Waals surface area contributed by atoms with Gasteiger partial charge in [0.1, 0.15) is 0 Å². The van der Waals surface area contributed by atoms with Gasteiger partial charge in [0.25, 0.3) is 0 Å². The fourth-order valence-electron chi connectivity index (χ4n) is 2.66. The first kappa shape index (κ1) is 20.4. The van der Waals surface area contributed by atoms with E-state index in [1.54, 1.807) is 36.4 Å². The quantitative estimate of drug-likeness (QED) is 0.673. The highest BCUT2D eigenvalue weighted by Gasteiger charge is 2.27. The number of hydrogen-bond acceptors (Lipinski definition) is 4. The highest BCUT2D eigenvalue weighted by molar-refractivity contribution is 7.89. The lowest BCUT2D eigenvalue weighted by Gasteiger charge is -2.18. The van der Waals surface area contributed by atoms with Crippen molar-refractivity contribution in [2.45, 2.75) is 23.8 Å². The standard InChI is InChI=1S/C20H22ClN3O3S/c1-24(2)20-17(21)4-3-5-18(20)22-19(25)13-8-14-6-11-16(12-7-14)28(26,27)23-15-9-10-15/h3-8,11-13,15,23H,9-10H2,1-2H3,(H,22,25)/b13-8+. The summed E-state index contributed by atoms with van der Waals surface area (Å²) in [5, 5.41) is 3.35. The molecule has 0 atom stereocenters. The normalized spacial score (nSPS) is 14.2. The number of para-hydroxylation sites is 1. The van der Waals surface area contributed by atoms with E-state index in [1.807, 2.05) is 19.0 Å². The van der Waals surface area contributed by atoms with Crippen LogP contribution in [0.2, 0.25) is 5.02 Å². The van der Waals surface area contributed by atoms with Gasteiger partial charge in [0.05, 0.1) is 21.3 Å². The maximum Gasteiger partial charge on any atom is 0.248 e. The predicted octanol–water partition coefficient (Wildman–Crippen LogP) is 3.50. The summed E-state index contributed by atoms with van der Waals surface area (Å²) < 4.78 is 27.0. The number of sulfonamides is 1. The van der Waals surface area contributed by atoms with Crippen LogP contribution < -0.4 is 14.9 Å². The van der Waals surface area contributed by atoms with E-state index in [0.717, 1.165) is 24.1 Å². The SMILES string of the molecule is CN(C)c1c(Cl)cccc1NC(=O)/C=C/c1ccc(S(=O)(=O)NC2CC2)cc1. The van der Waals surface area contributed by atoms with E-state index in [2.05, 4.69) is 10.0 Å². The van der Waals surface area contributed by atoms with Gasteiger partial charge in [-0.1, -0.05) is 29.8 Å². The number of benzene rings is 2. The zero-order chi connectivity index (χ0) is 20.3. The molecule has 2 N–H and O–H groups in total. The third-order valence-corrected chi connectivity index (χ3v) is 6.05. The molecule has 6 nitrogen and oxygen atoms in total. The Morgan fingerprint density at radius 3 is 2.43 bits per heavy atom. The monoisotopic (exact) mass is 419 g/mol. The molecule has 1 aliphatic carbocycles. The fourth-order valence-corrected chi connectivity index (χ4v) is 4.31. The largest absolute Gasteiger partial charge is 0.375 e. The lowest BCUT2D eigenvalue weighted by molar-refractivity contribution is -0.111. The van der Waals surface area contributed by atoms with Crippen molar-refractivity contribution in [1.29, 1.82) is 0 Å². The van der Waals surface area contributed by atoms with Crippen LogP contribution in [0.5, 0.6) is 0 Å². The minimum atomic E-state index is -3.47. The van der Waals surface area contributed by atoms with Crippen molar-refractivity contribution in [3.05, 3.63) is 59.1 Å². The zero-order valence-electron chi connectivity index (χ0n) is 15.6. The Bertz CT molecular complexity index is 998. The van der Waals surface area contributed by atoms with Crippen molar-refractivity contribution in [3.8, 4) is 0 Å². The summed E-state index contributed by atoms with van der Waals surface area (Å²) in [5.74, 6) is -0.308. The molecule has 1 aliphatic rings. The molecule has 0 bridgehead atoms. The van der Waals surface area contributed by atoms with Crippen molar-refractivity contribution in [3.63, 3.8) is 0 Å². The average Bonchev–Trinajstić information content (AvgIpc) is 3.43. The van der Waals surface area contributed by atoms with Crippen LogP contribution in [-0.4, -0.2) is 34.5 Å². The van der Waals surface area contributed by atoms with E-state index in [-0.39, 0.29) is 16.8 Å². The van der Waals surface area contributed by atoms with Crippen molar-refractivity contribution in [1.82, 2.24) is 4.72 Å². The molecule has 2 aromatic carbocycles. The molecule has 0 saturated heterocycles. The van der Waals surface area contributed by atoms with E-state index >= 15 is 0 Å². The van der Waals surface area contributed by atoms with Gasteiger partial charge < -0.3 is 10.2 Å². The van der Waals surface area contributed by atoms with Crippen LogP contribution >= 0.6 is 11.6 Å². The molecule has 0 aliphatic heterocycles. The Morgan fingerprint density at radius 1 is 1.14 bits per heavy atom. The molecular formula is C20H22ClN3O3S. The number of halogens is 1. The van der Waals surface area contributed by atoms with Gasteiger partial charge in [-0.15, -0.1) is 0 Å². The third-order valence-electron chi connectivity index (χ3n) is 4.21. The number of nitrogens with zero attached hydrogens (tertiary/aromatic N) is 1. The highest BCUT2D eigenvalue weighted by Crippen LogP contribution is 2.32. The average molecular weight is 420 g/mol. The predicted molar refractivity (Wildman–Crippen MR) is 113 cm³/mol. The number of rotatable bonds is 7. The molecule has 0 unspecified atom stereocenters. The first-order chi connectivity index (χ1) is 13.3. The third kappa shape index (κ3) is 5.13. The first-order valence-electron chi connectivity index (χ1n) is 8.83. The van der Waals surface area contributed by atoms with E-state index < -0.39 is 10.0 Å².